The minimum Gasteiger partial charge on any atom is -0.283 e. The lowest BCUT2D eigenvalue weighted by molar-refractivity contribution is -0.120. The fraction of sp³-hybridized carbons (Fsp3) is 0.143. The first-order valence-corrected chi connectivity index (χ1v) is 9.35. The SMILES string of the molecule is Cc1c(N=C2C(=O)N(c3ccccc3)C(=O)C2Cl)c(=O)n(-c2ccccc2)n1C. The fourth-order valence-electron chi connectivity index (χ4n) is 3.28. The van der Waals surface area contributed by atoms with E-state index in [-0.39, 0.29) is 11.4 Å². The molecule has 1 unspecified atom stereocenters. The third kappa shape index (κ3) is 3.00. The number of benzene rings is 2. The highest BCUT2D eigenvalue weighted by atomic mass is 35.5. The molecule has 146 valence electrons. The van der Waals surface area contributed by atoms with E-state index < -0.39 is 22.8 Å². The van der Waals surface area contributed by atoms with Crippen LogP contribution in [0.5, 0.6) is 0 Å². The van der Waals surface area contributed by atoms with E-state index in [4.69, 9.17) is 11.6 Å². The molecule has 0 aliphatic carbocycles. The summed E-state index contributed by atoms with van der Waals surface area (Å²) in [6, 6.07) is 17.6. The van der Waals surface area contributed by atoms with Gasteiger partial charge in [0, 0.05) is 7.05 Å². The molecule has 1 atom stereocenters. The number of carbonyl (C=O) groups excluding carboxylic acids is 2. The van der Waals surface area contributed by atoms with E-state index in [1.54, 1.807) is 61.1 Å². The van der Waals surface area contributed by atoms with Crippen molar-refractivity contribution in [3.63, 3.8) is 0 Å². The second kappa shape index (κ2) is 7.18. The molecule has 1 fully saturated rings. The van der Waals surface area contributed by atoms with Crippen LogP contribution in [0.25, 0.3) is 5.69 Å². The minimum absolute atomic E-state index is 0.0769. The van der Waals surface area contributed by atoms with Gasteiger partial charge in [0.05, 0.1) is 17.1 Å². The van der Waals surface area contributed by atoms with Gasteiger partial charge in [-0.3, -0.25) is 19.1 Å². The molecule has 1 aliphatic heterocycles. The molecule has 0 N–H and O–H groups in total. The summed E-state index contributed by atoms with van der Waals surface area (Å²) in [4.78, 5) is 43.8. The Kier molecular flexibility index (Phi) is 4.68. The van der Waals surface area contributed by atoms with Crippen LogP contribution < -0.4 is 10.5 Å². The van der Waals surface area contributed by atoms with Gasteiger partial charge in [-0.05, 0) is 31.2 Å². The Morgan fingerprint density at radius 2 is 1.45 bits per heavy atom. The molecule has 2 amide bonds. The lowest BCUT2D eigenvalue weighted by Crippen LogP contribution is -2.31. The number of aliphatic imine (C=N–C) groups is 1. The minimum atomic E-state index is -1.26. The molecule has 3 aromatic rings. The number of alkyl halides is 1. The highest BCUT2D eigenvalue weighted by molar-refractivity contribution is 6.68. The number of nitrogens with zero attached hydrogens (tertiary/aromatic N) is 4. The lowest BCUT2D eigenvalue weighted by Gasteiger charge is -2.12. The highest BCUT2D eigenvalue weighted by Gasteiger charge is 2.45. The fourth-order valence-corrected chi connectivity index (χ4v) is 3.52. The molecular formula is C21H17ClN4O3. The Balaban J connectivity index is 1.82. The predicted molar refractivity (Wildman–Crippen MR) is 111 cm³/mol. The first kappa shape index (κ1) is 18.9. The summed E-state index contributed by atoms with van der Waals surface area (Å²) in [5, 5.41) is -1.26. The van der Waals surface area contributed by atoms with Crippen molar-refractivity contribution < 1.29 is 9.59 Å². The predicted octanol–water partition coefficient (Wildman–Crippen LogP) is 2.74. The normalized spacial score (nSPS) is 18.1. The summed E-state index contributed by atoms with van der Waals surface area (Å²) in [6.07, 6.45) is 0. The summed E-state index contributed by atoms with van der Waals surface area (Å²) in [7, 11) is 1.73. The van der Waals surface area contributed by atoms with E-state index in [2.05, 4.69) is 4.99 Å². The second-order valence-electron chi connectivity index (χ2n) is 6.58. The van der Waals surface area contributed by atoms with Crippen molar-refractivity contribution >= 4 is 40.5 Å². The number of rotatable bonds is 3. The highest BCUT2D eigenvalue weighted by Crippen LogP contribution is 2.26. The zero-order chi connectivity index (χ0) is 20.7. The number of hydrogen-bond acceptors (Lipinski definition) is 4. The zero-order valence-corrected chi connectivity index (χ0v) is 16.5. The van der Waals surface area contributed by atoms with Crippen molar-refractivity contribution in [2.45, 2.75) is 12.3 Å². The number of imide groups is 1. The number of hydrogen-bond donors (Lipinski definition) is 0. The number of halogens is 1. The molecular weight excluding hydrogens is 392 g/mol. The molecule has 7 nitrogen and oxygen atoms in total. The average Bonchev–Trinajstić information content (AvgIpc) is 3.08. The van der Waals surface area contributed by atoms with Crippen LogP contribution in [-0.4, -0.2) is 32.3 Å². The van der Waals surface area contributed by atoms with Crippen molar-refractivity contribution in [3.8, 4) is 5.69 Å². The van der Waals surface area contributed by atoms with Gasteiger partial charge in [-0.2, -0.15) is 0 Å². The van der Waals surface area contributed by atoms with E-state index >= 15 is 0 Å². The van der Waals surface area contributed by atoms with Crippen LogP contribution in [0.4, 0.5) is 11.4 Å². The Bertz CT molecular complexity index is 1200. The monoisotopic (exact) mass is 408 g/mol. The van der Waals surface area contributed by atoms with Gasteiger partial charge in [-0.25, -0.2) is 14.6 Å². The Morgan fingerprint density at radius 3 is 2.03 bits per heavy atom. The number of aromatic nitrogens is 2. The molecule has 0 saturated carbocycles. The topological polar surface area (TPSA) is 76.7 Å². The van der Waals surface area contributed by atoms with Gasteiger partial charge in [-0.15, -0.1) is 11.6 Å². The first-order chi connectivity index (χ1) is 13.9. The number of para-hydroxylation sites is 2. The summed E-state index contributed by atoms with van der Waals surface area (Å²) in [5.74, 6) is -1.21. The average molecular weight is 409 g/mol. The van der Waals surface area contributed by atoms with Crippen molar-refractivity contribution in [2.24, 2.45) is 12.0 Å². The molecule has 2 aromatic carbocycles. The van der Waals surface area contributed by atoms with Crippen LogP contribution in [0.2, 0.25) is 0 Å². The Labute approximate surface area is 171 Å². The third-order valence-electron chi connectivity index (χ3n) is 4.87. The largest absolute Gasteiger partial charge is 0.297 e. The Morgan fingerprint density at radius 1 is 0.897 bits per heavy atom. The second-order valence-corrected chi connectivity index (χ2v) is 7.02. The smallest absolute Gasteiger partial charge is 0.283 e. The molecule has 1 saturated heterocycles. The van der Waals surface area contributed by atoms with Crippen LogP contribution >= 0.6 is 11.6 Å². The summed E-state index contributed by atoms with van der Waals surface area (Å²) in [5.41, 5.74) is 1.14. The number of carbonyl (C=O) groups is 2. The standard InChI is InChI=1S/C21H17ClN4O3/c1-13-17(21(29)26(24(13)2)15-11-7-4-8-12-15)23-18-16(22)19(27)25(20(18)28)14-9-5-3-6-10-14/h3-12,16H,1-2H3. The van der Waals surface area contributed by atoms with Gasteiger partial charge in [0.15, 0.2) is 11.1 Å². The van der Waals surface area contributed by atoms with Crippen molar-refractivity contribution in [1.29, 1.82) is 0 Å². The molecule has 4 rings (SSSR count). The van der Waals surface area contributed by atoms with Crippen molar-refractivity contribution in [1.82, 2.24) is 9.36 Å². The molecule has 0 bridgehead atoms. The Hall–Kier alpha value is -3.45. The van der Waals surface area contributed by atoms with Crippen LogP contribution in [-0.2, 0) is 16.6 Å². The molecule has 0 radical (unpaired) electrons. The summed E-state index contributed by atoms with van der Waals surface area (Å²) in [6.45, 7) is 1.72. The molecule has 29 heavy (non-hydrogen) atoms. The first-order valence-electron chi connectivity index (χ1n) is 8.92. The van der Waals surface area contributed by atoms with Crippen LogP contribution in [0.3, 0.4) is 0 Å². The maximum atomic E-state index is 13.0. The van der Waals surface area contributed by atoms with Gasteiger partial charge >= 0.3 is 0 Å². The van der Waals surface area contributed by atoms with E-state index in [0.717, 1.165) is 4.90 Å². The molecule has 1 aliphatic rings. The van der Waals surface area contributed by atoms with Gasteiger partial charge < -0.3 is 0 Å². The van der Waals surface area contributed by atoms with E-state index in [9.17, 15) is 14.4 Å². The molecule has 8 heteroatoms. The zero-order valence-electron chi connectivity index (χ0n) is 15.7. The van der Waals surface area contributed by atoms with Crippen molar-refractivity contribution in [3.05, 3.63) is 76.7 Å². The third-order valence-corrected chi connectivity index (χ3v) is 5.26. The van der Waals surface area contributed by atoms with Crippen molar-refractivity contribution in [2.75, 3.05) is 4.90 Å². The van der Waals surface area contributed by atoms with E-state index in [1.807, 2.05) is 18.2 Å². The van der Waals surface area contributed by atoms with Crippen LogP contribution in [0.1, 0.15) is 5.69 Å². The lowest BCUT2D eigenvalue weighted by atomic mass is 10.3. The van der Waals surface area contributed by atoms with Gasteiger partial charge in [0.2, 0.25) is 0 Å². The van der Waals surface area contributed by atoms with E-state index in [1.165, 1.54) is 4.68 Å². The van der Waals surface area contributed by atoms with Gasteiger partial charge in [-0.1, -0.05) is 36.4 Å². The van der Waals surface area contributed by atoms with Crippen LogP contribution in [0.15, 0.2) is 70.5 Å². The maximum absolute atomic E-state index is 13.0. The number of anilines is 1. The molecule has 0 spiro atoms. The molecule has 1 aromatic heterocycles. The van der Waals surface area contributed by atoms with E-state index in [0.29, 0.717) is 17.1 Å². The number of amides is 2. The maximum Gasteiger partial charge on any atom is 0.297 e. The summed E-state index contributed by atoms with van der Waals surface area (Å²) < 4.78 is 3.10. The molecule has 2 heterocycles. The summed E-state index contributed by atoms with van der Waals surface area (Å²) >= 11 is 6.23. The van der Waals surface area contributed by atoms with Gasteiger partial charge in [0.25, 0.3) is 17.4 Å². The quantitative estimate of drug-likeness (QED) is 0.494. The van der Waals surface area contributed by atoms with Crippen LogP contribution in [0, 0.1) is 6.92 Å². The van der Waals surface area contributed by atoms with Gasteiger partial charge in [0.1, 0.15) is 5.71 Å².